The Bertz CT molecular complexity index is 1120. The van der Waals surface area contributed by atoms with Crippen LogP contribution in [0.2, 0.25) is 0 Å². The quantitative estimate of drug-likeness (QED) is 0.612. The van der Waals surface area contributed by atoms with Gasteiger partial charge in [0.15, 0.2) is 0 Å². The van der Waals surface area contributed by atoms with Gasteiger partial charge in [-0.15, -0.1) is 5.10 Å². The highest BCUT2D eigenvalue weighted by Gasteiger charge is 2.18. The molecule has 8 heteroatoms. The Balaban J connectivity index is 1.73. The molecule has 0 radical (unpaired) electrons. The van der Waals surface area contributed by atoms with Crippen molar-refractivity contribution in [2.45, 2.75) is 20.0 Å². The number of carbonyl (C=O) groups excluding carboxylic acids is 1. The lowest BCUT2D eigenvalue weighted by molar-refractivity contribution is -0.117. The summed E-state index contributed by atoms with van der Waals surface area (Å²) in [4.78, 5) is 28.9. The zero-order valence-electron chi connectivity index (χ0n) is 13.6. The minimum atomic E-state index is -0.353. The lowest BCUT2D eigenvalue weighted by Crippen LogP contribution is -2.28. The first-order valence-electron chi connectivity index (χ1n) is 7.96. The van der Waals surface area contributed by atoms with Gasteiger partial charge in [-0.3, -0.25) is 4.79 Å². The lowest BCUT2D eigenvalue weighted by atomic mass is 10.3. The standard InChI is InChI=1S/C17H16N6O2/c1-2-21-12-7-3-4-8-13(12)23-16(21)20-22(17(23)25)11-15(24)19-14-9-5-6-10-18-14/h3-10H,2,11H2,1H3,(H,18,19,24). The predicted molar refractivity (Wildman–Crippen MR) is 93.5 cm³/mol. The lowest BCUT2D eigenvalue weighted by Gasteiger charge is -2.03. The van der Waals surface area contributed by atoms with E-state index in [0.717, 1.165) is 11.0 Å². The fourth-order valence-corrected chi connectivity index (χ4v) is 2.94. The second kappa shape index (κ2) is 5.90. The van der Waals surface area contributed by atoms with Gasteiger partial charge in [0, 0.05) is 12.7 Å². The van der Waals surface area contributed by atoms with Crippen LogP contribution < -0.4 is 11.0 Å². The number of para-hydroxylation sites is 2. The van der Waals surface area contributed by atoms with Crippen molar-refractivity contribution in [3.8, 4) is 0 Å². The van der Waals surface area contributed by atoms with Gasteiger partial charge < -0.3 is 9.88 Å². The highest BCUT2D eigenvalue weighted by atomic mass is 16.2. The van der Waals surface area contributed by atoms with Crippen LogP contribution in [0.1, 0.15) is 6.92 Å². The molecule has 25 heavy (non-hydrogen) atoms. The van der Waals surface area contributed by atoms with Crippen molar-refractivity contribution in [2.24, 2.45) is 0 Å². The van der Waals surface area contributed by atoms with Crippen LogP contribution in [-0.4, -0.2) is 29.6 Å². The zero-order valence-corrected chi connectivity index (χ0v) is 13.6. The summed E-state index contributed by atoms with van der Waals surface area (Å²) in [5.74, 6) is 0.612. The molecule has 8 nitrogen and oxygen atoms in total. The molecule has 0 bridgehead atoms. The van der Waals surface area contributed by atoms with E-state index in [4.69, 9.17) is 0 Å². The van der Waals surface area contributed by atoms with Crippen LogP contribution >= 0.6 is 0 Å². The number of aryl methyl sites for hydroxylation is 1. The van der Waals surface area contributed by atoms with Gasteiger partial charge in [0.2, 0.25) is 11.7 Å². The van der Waals surface area contributed by atoms with Crippen molar-refractivity contribution in [2.75, 3.05) is 5.32 Å². The Hall–Kier alpha value is -3.42. The average Bonchev–Trinajstić information content (AvgIpc) is 3.10. The van der Waals surface area contributed by atoms with Crippen molar-refractivity contribution in [1.29, 1.82) is 0 Å². The van der Waals surface area contributed by atoms with Crippen LogP contribution in [0.4, 0.5) is 5.82 Å². The summed E-state index contributed by atoms with van der Waals surface area (Å²) in [6.45, 7) is 2.49. The molecule has 126 valence electrons. The molecule has 1 aromatic carbocycles. The normalized spacial score (nSPS) is 11.2. The molecule has 1 N–H and O–H groups in total. The largest absolute Gasteiger partial charge is 0.352 e. The van der Waals surface area contributed by atoms with Gasteiger partial charge in [0.05, 0.1) is 11.0 Å². The molecule has 0 aliphatic carbocycles. The van der Waals surface area contributed by atoms with Crippen LogP contribution in [0, 0.1) is 0 Å². The number of carbonyl (C=O) groups is 1. The zero-order chi connectivity index (χ0) is 17.4. The molecule has 0 unspecified atom stereocenters. The first kappa shape index (κ1) is 15.1. The van der Waals surface area contributed by atoms with Crippen molar-refractivity contribution in [1.82, 2.24) is 23.7 Å². The molecule has 1 amide bonds. The molecule has 3 heterocycles. The summed E-state index contributed by atoms with van der Waals surface area (Å²) in [6.07, 6.45) is 1.59. The smallest absolute Gasteiger partial charge is 0.309 e. The maximum Gasteiger partial charge on any atom is 0.352 e. The Labute approximate surface area is 142 Å². The molecule has 0 saturated heterocycles. The van der Waals surface area contributed by atoms with Gasteiger partial charge in [-0.25, -0.2) is 18.9 Å². The fourth-order valence-electron chi connectivity index (χ4n) is 2.94. The monoisotopic (exact) mass is 336 g/mol. The molecule has 0 aliphatic heterocycles. The molecule has 4 aromatic rings. The van der Waals surface area contributed by atoms with E-state index in [9.17, 15) is 9.59 Å². The van der Waals surface area contributed by atoms with E-state index < -0.39 is 0 Å². The number of aromatic nitrogens is 5. The number of amides is 1. The number of imidazole rings is 1. The Morgan fingerprint density at radius 1 is 1.12 bits per heavy atom. The SMILES string of the molecule is CCn1c2ccccc2n2c(=O)n(CC(=O)Nc3ccccn3)nc12. The number of hydrogen-bond donors (Lipinski definition) is 1. The minimum Gasteiger partial charge on any atom is -0.309 e. The number of hydrogen-bond acceptors (Lipinski definition) is 4. The van der Waals surface area contributed by atoms with E-state index in [1.807, 2.05) is 35.8 Å². The van der Waals surface area contributed by atoms with Crippen LogP contribution in [0.5, 0.6) is 0 Å². The average molecular weight is 336 g/mol. The van der Waals surface area contributed by atoms with E-state index >= 15 is 0 Å². The minimum absolute atomic E-state index is 0.171. The summed E-state index contributed by atoms with van der Waals surface area (Å²) < 4.78 is 4.66. The van der Waals surface area contributed by atoms with Crippen molar-refractivity contribution in [3.05, 3.63) is 59.1 Å². The highest BCUT2D eigenvalue weighted by molar-refractivity contribution is 5.89. The third-order valence-corrected chi connectivity index (χ3v) is 4.02. The van der Waals surface area contributed by atoms with Gasteiger partial charge in [-0.05, 0) is 31.2 Å². The number of nitrogens with one attached hydrogen (secondary N) is 1. The summed E-state index contributed by atoms with van der Waals surface area (Å²) in [5.41, 5.74) is 1.38. The molecular weight excluding hydrogens is 320 g/mol. The third kappa shape index (κ3) is 2.47. The fraction of sp³-hybridized carbons (Fsp3) is 0.176. The molecule has 4 rings (SSSR count). The second-order valence-corrected chi connectivity index (χ2v) is 5.57. The van der Waals surface area contributed by atoms with Gasteiger partial charge in [-0.1, -0.05) is 18.2 Å². The highest BCUT2D eigenvalue weighted by Crippen LogP contribution is 2.17. The van der Waals surface area contributed by atoms with Gasteiger partial charge >= 0.3 is 5.69 Å². The summed E-state index contributed by atoms with van der Waals surface area (Å²) in [7, 11) is 0. The number of nitrogens with zero attached hydrogens (tertiary/aromatic N) is 5. The first-order valence-corrected chi connectivity index (χ1v) is 7.96. The molecule has 3 aromatic heterocycles. The second-order valence-electron chi connectivity index (χ2n) is 5.57. The van der Waals surface area contributed by atoms with E-state index in [1.165, 1.54) is 9.08 Å². The van der Waals surface area contributed by atoms with Gasteiger partial charge in [0.25, 0.3) is 0 Å². The predicted octanol–water partition coefficient (Wildman–Crippen LogP) is 1.50. The molecular formula is C17H16N6O2. The Morgan fingerprint density at radius 2 is 1.88 bits per heavy atom. The Morgan fingerprint density at radius 3 is 2.60 bits per heavy atom. The van der Waals surface area contributed by atoms with Crippen LogP contribution in [0.15, 0.2) is 53.5 Å². The number of pyridine rings is 1. The van der Waals surface area contributed by atoms with E-state index in [1.54, 1.807) is 24.4 Å². The van der Waals surface area contributed by atoms with Crippen LogP contribution in [0.25, 0.3) is 16.8 Å². The number of anilines is 1. The molecule has 0 spiro atoms. The van der Waals surface area contributed by atoms with Gasteiger partial charge in [-0.2, -0.15) is 0 Å². The van der Waals surface area contributed by atoms with E-state index in [0.29, 0.717) is 18.1 Å². The summed E-state index contributed by atoms with van der Waals surface area (Å²) >= 11 is 0. The van der Waals surface area contributed by atoms with Crippen molar-refractivity contribution >= 4 is 28.5 Å². The van der Waals surface area contributed by atoms with Crippen LogP contribution in [-0.2, 0) is 17.9 Å². The summed E-state index contributed by atoms with van der Waals surface area (Å²) in [6, 6.07) is 12.8. The first-order chi connectivity index (χ1) is 12.2. The molecule has 0 saturated carbocycles. The maximum absolute atomic E-state index is 12.7. The Kier molecular flexibility index (Phi) is 3.57. The topological polar surface area (TPSA) is 86.2 Å². The third-order valence-electron chi connectivity index (χ3n) is 4.02. The molecule has 0 atom stereocenters. The molecule has 0 fully saturated rings. The van der Waals surface area contributed by atoms with Crippen LogP contribution in [0.3, 0.4) is 0 Å². The number of rotatable bonds is 4. The van der Waals surface area contributed by atoms with E-state index in [2.05, 4.69) is 15.4 Å². The molecule has 0 aliphatic rings. The summed E-state index contributed by atoms with van der Waals surface area (Å²) in [5, 5.41) is 7.00. The van der Waals surface area contributed by atoms with Crippen molar-refractivity contribution < 1.29 is 4.79 Å². The maximum atomic E-state index is 12.7. The van der Waals surface area contributed by atoms with Gasteiger partial charge in [0.1, 0.15) is 12.4 Å². The number of benzene rings is 1. The van der Waals surface area contributed by atoms with E-state index in [-0.39, 0.29) is 18.1 Å². The number of fused-ring (bicyclic) bond motifs is 3. The van der Waals surface area contributed by atoms with Crippen molar-refractivity contribution in [3.63, 3.8) is 0 Å².